The number of benzene rings is 2. The highest BCUT2D eigenvalue weighted by Gasteiger charge is 2.68. The fourth-order valence-corrected chi connectivity index (χ4v) is 9.20. The number of halogens is 3. The first-order chi connectivity index (χ1) is 26.0. The van der Waals surface area contributed by atoms with E-state index >= 15 is 0 Å². The number of urea groups is 1. The lowest BCUT2D eigenvalue weighted by Crippen LogP contribution is -2.65. The van der Waals surface area contributed by atoms with E-state index < -0.39 is 59.5 Å². The van der Waals surface area contributed by atoms with Gasteiger partial charge < -0.3 is 35.3 Å². The SMILES string of the molecule is CCOc1ccccc1NC(=O)N[C@]1(C)C[C@@H](C(=O)N[C@@H](CC)B2O[C@@H]3C[C@@H]4C[C@@H](C4(C)C)[C@]3(C)O2)n2c1ncc(NCc1cccc(C(F)(F)F)c1)c2=O. The Morgan fingerprint density at radius 1 is 1.07 bits per heavy atom. The maximum atomic E-state index is 14.4. The Morgan fingerprint density at radius 3 is 2.55 bits per heavy atom. The predicted octanol–water partition coefficient (Wildman–Crippen LogP) is 6.42. The van der Waals surface area contributed by atoms with Crippen LogP contribution in [0.3, 0.4) is 0 Å². The first-order valence-corrected chi connectivity index (χ1v) is 18.9. The van der Waals surface area contributed by atoms with Gasteiger partial charge in [0.15, 0.2) is 0 Å². The average molecular weight is 765 g/mol. The molecule has 8 rings (SSSR count). The molecular formula is C39H48BF3N6O6. The van der Waals surface area contributed by atoms with Crippen LogP contribution in [0.5, 0.6) is 5.75 Å². The minimum Gasteiger partial charge on any atom is -0.492 e. The van der Waals surface area contributed by atoms with Crippen LogP contribution < -0.4 is 31.6 Å². The summed E-state index contributed by atoms with van der Waals surface area (Å²) < 4.78 is 60.2. The summed E-state index contributed by atoms with van der Waals surface area (Å²) in [5.74, 6) is 0.454. The molecule has 294 valence electrons. The molecule has 16 heteroatoms. The Balaban J connectivity index is 1.15. The third-order valence-electron chi connectivity index (χ3n) is 12.3. The highest BCUT2D eigenvalue weighted by atomic mass is 19.4. The number of nitrogens with one attached hydrogen (secondary N) is 4. The number of carbonyl (C=O) groups excluding carboxylic acids is 2. The van der Waals surface area contributed by atoms with Crippen molar-refractivity contribution in [3.63, 3.8) is 0 Å². The number of rotatable bonds is 11. The Bertz CT molecular complexity index is 2030. The summed E-state index contributed by atoms with van der Waals surface area (Å²) in [6.07, 6.45) is -0.932. The number of aromatic nitrogens is 2. The van der Waals surface area contributed by atoms with Crippen LogP contribution in [0.15, 0.2) is 59.5 Å². The van der Waals surface area contributed by atoms with E-state index in [1.54, 1.807) is 31.2 Å². The second-order valence-electron chi connectivity index (χ2n) is 16.1. The zero-order valence-corrected chi connectivity index (χ0v) is 31.9. The van der Waals surface area contributed by atoms with E-state index in [4.69, 9.17) is 14.0 Å². The van der Waals surface area contributed by atoms with E-state index in [9.17, 15) is 27.6 Å². The summed E-state index contributed by atoms with van der Waals surface area (Å²) in [5, 5.41) is 11.7. The van der Waals surface area contributed by atoms with Gasteiger partial charge in [-0.15, -0.1) is 0 Å². The van der Waals surface area contributed by atoms with Gasteiger partial charge in [-0.05, 0) is 87.1 Å². The van der Waals surface area contributed by atoms with Crippen LogP contribution in [0.4, 0.5) is 29.3 Å². The van der Waals surface area contributed by atoms with Crippen LogP contribution in [-0.4, -0.2) is 52.9 Å². The van der Waals surface area contributed by atoms with Crippen molar-refractivity contribution in [2.45, 2.75) is 109 Å². The first-order valence-electron chi connectivity index (χ1n) is 18.9. The molecule has 55 heavy (non-hydrogen) atoms. The van der Waals surface area contributed by atoms with Gasteiger partial charge in [-0.2, -0.15) is 13.2 Å². The quantitative estimate of drug-likeness (QED) is 0.164. The van der Waals surface area contributed by atoms with Crippen LogP contribution >= 0.6 is 0 Å². The monoisotopic (exact) mass is 764 g/mol. The number of ether oxygens (including phenoxy) is 1. The molecule has 1 aromatic heterocycles. The summed E-state index contributed by atoms with van der Waals surface area (Å²) in [7, 11) is -0.698. The number of hydrogen-bond acceptors (Lipinski definition) is 8. The Kier molecular flexibility index (Phi) is 9.98. The molecule has 5 aliphatic rings. The van der Waals surface area contributed by atoms with E-state index in [0.29, 0.717) is 41.9 Å². The maximum absolute atomic E-state index is 14.4. The molecule has 3 aliphatic carbocycles. The lowest BCUT2D eigenvalue weighted by molar-refractivity contribution is -0.199. The zero-order chi connectivity index (χ0) is 39.5. The third kappa shape index (κ3) is 6.96. The van der Waals surface area contributed by atoms with Crippen molar-refractivity contribution in [3.05, 3.63) is 82.0 Å². The number of hydrogen-bond donors (Lipinski definition) is 4. The van der Waals surface area contributed by atoms with Gasteiger partial charge in [0.05, 0.1) is 47.2 Å². The summed E-state index contributed by atoms with van der Waals surface area (Å²) in [6, 6.07) is 10.0. The van der Waals surface area contributed by atoms with Crippen LogP contribution in [-0.2, 0) is 32.4 Å². The second-order valence-corrected chi connectivity index (χ2v) is 16.1. The van der Waals surface area contributed by atoms with E-state index in [1.165, 1.54) is 22.9 Å². The van der Waals surface area contributed by atoms with Crippen molar-refractivity contribution in [1.29, 1.82) is 0 Å². The molecule has 4 N–H and O–H groups in total. The second kappa shape index (κ2) is 14.2. The predicted molar refractivity (Wildman–Crippen MR) is 200 cm³/mol. The number of para-hydroxylation sites is 2. The molecular weight excluding hydrogens is 716 g/mol. The lowest BCUT2D eigenvalue weighted by Gasteiger charge is -2.64. The van der Waals surface area contributed by atoms with Gasteiger partial charge in [-0.1, -0.05) is 45.0 Å². The topological polar surface area (TPSA) is 145 Å². The van der Waals surface area contributed by atoms with Crippen molar-refractivity contribution in [2.75, 3.05) is 17.2 Å². The van der Waals surface area contributed by atoms with Crippen LogP contribution in [0.1, 0.15) is 90.2 Å². The first kappa shape index (κ1) is 38.7. The molecule has 3 saturated carbocycles. The molecule has 2 aliphatic heterocycles. The number of alkyl halides is 3. The highest BCUT2D eigenvalue weighted by Crippen LogP contribution is 2.65. The molecule has 3 aromatic rings. The Hall–Kier alpha value is -4.57. The van der Waals surface area contributed by atoms with E-state index in [1.807, 2.05) is 13.8 Å². The Morgan fingerprint density at radius 2 is 1.84 bits per heavy atom. The zero-order valence-electron chi connectivity index (χ0n) is 31.9. The van der Waals surface area contributed by atoms with Gasteiger partial charge in [0.25, 0.3) is 5.56 Å². The van der Waals surface area contributed by atoms with Gasteiger partial charge in [0.1, 0.15) is 23.3 Å². The largest absolute Gasteiger partial charge is 0.492 e. The number of anilines is 2. The van der Waals surface area contributed by atoms with Gasteiger partial charge in [0, 0.05) is 13.0 Å². The van der Waals surface area contributed by atoms with E-state index in [0.717, 1.165) is 25.0 Å². The molecule has 0 unspecified atom stereocenters. The van der Waals surface area contributed by atoms with Crippen molar-refractivity contribution in [3.8, 4) is 5.75 Å². The molecule has 2 aromatic carbocycles. The smallest absolute Gasteiger partial charge is 0.481 e. The molecule has 4 fully saturated rings. The lowest BCUT2D eigenvalue weighted by atomic mass is 9.43. The fraction of sp³-hybridized carbons (Fsp3) is 0.538. The van der Waals surface area contributed by atoms with Crippen molar-refractivity contribution < 1.29 is 36.8 Å². The molecule has 12 nitrogen and oxygen atoms in total. The van der Waals surface area contributed by atoms with Crippen molar-refractivity contribution in [1.82, 2.24) is 20.2 Å². The van der Waals surface area contributed by atoms with E-state index in [-0.39, 0.29) is 36.0 Å². The van der Waals surface area contributed by atoms with Gasteiger partial charge >= 0.3 is 19.3 Å². The summed E-state index contributed by atoms with van der Waals surface area (Å²) >= 11 is 0. The van der Waals surface area contributed by atoms with Crippen molar-refractivity contribution >= 4 is 30.4 Å². The van der Waals surface area contributed by atoms with Gasteiger partial charge in [-0.3, -0.25) is 14.2 Å². The number of amides is 3. The summed E-state index contributed by atoms with van der Waals surface area (Å²) in [4.78, 5) is 46.7. The standard InChI is InChI=1S/C39H48BF3N6O6/c1-7-31(40-54-30-18-24-17-29(36(24,3)4)38(30,6)55-40)47-32(50)27-19-37(5,48-35(52)46-25-14-9-10-15-28(25)53-8-2)34-45-21-26(33(51)49(27)34)44-20-22-12-11-13-23(16-22)39(41,42)43/h9-16,21,24,27,29-31,44H,7-8,17-20H2,1-6H3,(H,47,50)(H2,46,48,52)/t24-,27-,29-,30+,31-,37+,38-/m0/s1. The molecule has 7 atom stereocenters. The maximum Gasteiger partial charge on any atom is 0.481 e. The van der Waals surface area contributed by atoms with Crippen LogP contribution in [0.25, 0.3) is 0 Å². The third-order valence-corrected chi connectivity index (χ3v) is 12.3. The molecule has 3 amide bonds. The summed E-state index contributed by atoms with van der Waals surface area (Å²) in [6.45, 7) is 12.4. The summed E-state index contributed by atoms with van der Waals surface area (Å²) in [5.41, 5.74) is -2.39. The molecule has 2 bridgehead atoms. The fourth-order valence-electron chi connectivity index (χ4n) is 9.20. The minimum absolute atomic E-state index is 0.0218. The normalized spacial score (nSPS) is 28.0. The van der Waals surface area contributed by atoms with E-state index in [2.05, 4.69) is 47.0 Å². The Labute approximate surface area is 318 Å². The highest BCUT2D eigenvalue weighted by molar-refractivity contribution is 6.47. The number of nitrogens with zero attached hydrogens (tertiary/aromatic N) is 2. The number of carbonyl (C=O) groups is 2. The number of fused-ring (bicyclic) bond motifs is 1. The molecule has 0 radical (unpaired) electrons. The van der Waals surface area contributed by atoms with Gasteiger partial charge in [-0.25, -0.2) is 9.78 Å². The molecule has 3 heterocycles. The van der Waals surface area contributed by atoms with Gasteiger partial charge in [0.2, 0.25) is 5.91 Å². The van der Waals surface area contributed by atoms with Crippen LogP contribution in [0.2, 0.25) is 0 Å². The molecule has 0 spiro atoms. The van der Waals surface area contributed by atoms with Crippen molar-refractivity contribution in [2.24, 2.45) is 17.3 Å². The average Bonchev–Trinajstić information content (AvgIpc) is 3.64. The minimum atomic E-state index is -4.53. The van der Waals surface area contributed by atoms with Crippen LogP contribution in [0, 0.1) is 17.3 Å². The molecule has 1 saturated heterocycles.